The zero-order valence-corrected chi connectivity index (χ0v) is 7.45. The molecule has 0 aromatic heterocycles. The molecule has 12 heavy (non-hydrogen) atoms. The van der Waals surface area contributed by atoms with Gasteiger partial charge in [0, 0.05) is 7.05 Å². The van der Waals surface area contributed by atoms with Crippen LogP contribution >= 0.6 is 0 Å². The molecule has 3 heteroatoms. The quantitative estimate of drug-likeness (QED) is 0.579. The van der Waals surface area contributed by atoms with E-state index >= 15 is 0 Å². The van der Waals surface area contributed by atoms with Gasteiger partial charge in [-0.1, -0.05) is 6.42 Å². The van der Waals surface area contributed by atoms with E-state index in [9.17, 15) is 4.79 Å². The van der Waals surface area contributed by atoms with Crippen LogP contribution < -0.4 is 0 Å². The van der Waals surface area contributed by atoms with Gasteiger partial charge in [0.2, 0.25) is 0 Å². The molecule has 0 bridgehead atoms. The smallest absolute Gasteiger partial charge is 0.323 e. The Balaban J connectivity index is 2.42. The van der Waals surface area contributed by atoms with Crippen LogP contribution in [0.1, 0.15) is 26.2 Å². The number of likely N-dealkylation sites (tertiary alicyclic amines) is 1. The van der Waals surface area contributed by atoms with Crippen LogP contribution in [0.3, 0.4) is 0 Å². The Morgan fingerprint density at radius 3 is 3.00 bits per heavy atom. The molecule has 1 aliphatic rings. The highest BCUT2D eigenvalue weighted by molar-refractivity contribution is 5.75. The van der Waals surface area contributed by atoms with Gasteiger partial charge in [-0.05, 0) is 26.3 Å². The van der Waals surface area contributed by atoms with E-state index in [0.717, 1.165) is 25.8 Å². The van der Waals surface area contributed by atoms with E-state index in [1.54, 1.807) is 4.90 Å². The van der Waals surface area contributed by atoms with Gasteiger partial charge >= 0.3 is 5.97 Å². The minimum Gasteiger partial charge on any atom is -0.465 e. The maximum atomic E-state index is 11.3. The Hall–Kier alpha value is -0.570. The lowest BCUT2D eigenvalue weighted by Gasteiger charge is -2.29. The predicted octanol–water partition coefficient (Wildman–Crippen LogP) is 1.07. The Bertz CT molecular complexity index is 159. The van der Waals surface area contributed by atoms with Gasteiger partial charge in [-0.3, -0.25) is 9.69 Å². The third kappa shape index (κ3) is 2.21. The van der Waals surface area contributed by atoms with E-state index in [1.165, 1.54) is 0 Å². The van der Waals surface area contributed by atoms with Crippen LogP contribution in [0.5, 0.6) is 0 Å². The van der Waals surface area contributed by atoms with E-state index in [4.69, 9.17) is 11.8 Å². The van der Waals surface area contributed by atoms with Crippen LogP contribution in [-0.2, 0) is 9.53 Å². The summed E-state index contributed by atoms with van der Waals surface area (Å²) in [4.78, 5) is 12.8. The predicted molar refractivity (Wildman–Crippen MR) is 45.3 cm³/mol. The number of hydrogen-bond donors (Lipinski definition) is 0. The molecule has 0 N–H and O–H groups in total. The van der Waals surface area contributed by atoms with Crippen LogP contribution in [0, 0.1) is 7.05 Å². The van der Waals surface area contributed by atoms with Crippen LogP contribution in [-0.4, -0.2) is 30.1 Å². The molecule has 1 rings (SSSR count). The molecule has 0 spiro atoms. The number of ether oxygens (including phenoxy) is 1. The Kier molecular flexibility index (Phi) is 3.53. The first-order valence-corrected chi connectivity index (χ1v) is 4.43. The molecule has 68 valence electrons. The highest BCUT2D eigenvalue weighted by Crippen LogP contribution is 2.16. The number of hydrogen-bond acceptors (Lipinski definition) is 3. The fourth-order valence-electron chi connectivity index (χ4n) is 1.45. The molecule has 1 heterocycles. The van der Waals surface area contributed by atoms with Gasteiger partial charge in [0.05, 0.1) is 6.61 Å². The zero-order chi connectivity index (χ0) is 8.97. The zero-order valence-electron chi connectivity index (χ0n) is 7.45. The van der Waals surface area contributed by atoms with Crippen molar-refractivity contribution in [2.75, 3.05) is 13.2 Å². The molecule has 0 aromatic carbocycles. The third-order valence-electron chi connectivity index (χ3n) is 2.10. The van der Waals surface area contributed by atoms with E-state index in [1.807, 2.05) is 6.92 Å². The van der Waals surface area contributed by atoms with Crippen molar-refractivity contribution in [1.29, 1.82) is 0 Å². The molecule has 0 amide bonds. The van der Waals surface area contributed by atoms with Crippen LogP contribution in [0.15, 0.2) is 0 Å². The molecule has 0 aliphatic carbocycles. The Labute approximate surface area is 73.7 Å². The van der Waals surface area contributed by atoms with Crippen molar-refractivity contribution in [1.82, 2.24) is 4.90 Å². The topological polar surface area (TPSA) is 29.5 Å². The van der Waals surface area contributed by atoms with Crippen molar-refractivity contribution < 1.29 is 9.53 Å². The largest absolute Gasteiger partial charge is 0.465 e. The fraction of sp³-hybridized carbons (Fsp3) is 0.778. The summed E-state index contributed by atoms with van der Waals surface area (Å²) in [5.74, 6) is -0.181. The minimum absolute atomic E-state index is 0.181. The highest BCUT2D eigenvalue weighted by Gasteiger charge is 2.26. The van der Waals surface area contributed by atoms with E-state index < -0.39 is 0 Å². The summed E-state index contributed by atoms with van der Waals surface area (Å²) < 4.78 is 4.89. The molecular weight excluding hydrogens is 154 g/mol. The standard InChI is InChI=1S/C9H15NO2/c1-3-12-9(11)8-6-4-5-7-10(8)2/h2,8H,3-7H2,1H3. The van der Waals surface area contributed by atoms with Crippen LogP contribution in [0.25, 0.3) is 0 Å². The van der Waals surface area contributed by atoms with Gasteiger partial charge in [-0.25, -0.2) is 0 Å². The number of carbonyl (C=O) groups excluding carboxylic acids is 1. The second-order valence-electron chi connectivity index (χ2n) is 3.00. The van der Waals surface area contributed by atoms with Crippen molar-refractivity contribution in [2.24, 2.45) is 0 Å². The van der Waals surface area contributed by atoms with E-state index in [-0.39, 0.29) is 12.0 Å². The molecule has 1 saturated heterocycles. The highest BCUT2D eigenvalue weighted by atomic mass is 16.5. The summed E-state index contributed by atoms with van der Waals surface area (Å²) in [5.41, 5.74) is 0. The maximum Gasteiger partial charge on any atom is 0.323 e. The number of esters is 1. The number of nitrogens with zero attached hydrogens (tertiary/aromatic N) is 1. The summed E-state index contributed by atoms with van der Waals surface area (Å²) in [6, 6.07) is -0.210. The molecule has 0 saturated carbocycles. The lowest BCUT2D eigenvalue weighted by molar-refractivity contribution is -0.149. The van der Waals surface area contributed by atoms with Crippen molar-refractivity contribution in [3.05, 3.63) is 7.05 Å². The molecule has 1 unspecified atom stereocenters. The summed E-state index contributed by atoms with van der Waals surface area (Å²) in [6.45, 7) is 3.04. The third-order valence-corrected chi connectivity index (χ3v) is 2.10. The lowest BCUT2D eigenvalue weighted by atomic mass is 10.0. The molecule has 0 aromatic rings. The first-order chi connectivity index (χ1) is 5.75. The fourth-order valence-corrected chi connectivity index (χ4v) is 1.45. The van der Waals surface area contributed by atoms with E-state index in [2.05, 4.69) is 0 Å². The monoisotopic (exact) mass is 169 g/mol. The van der Waals surface area contributed by atoms with E-state index in [0.29, 0.717) is 6.61 Å². The number of carbonyl (C=O) groups is 1. The lowest BCUT2D eigenvalue weighted by Crippen LogP contribution is -2.41. The normalized spacial score (nSPS) is 25.3. The number of piperidine rings is 1. The molecular formula is C9H15NO2. The molecule has 1 aliphatic heterocycles. The van der Waals surface area contributed by atoms with Gasteiger partial charge in [0.1, 0.15) is 6.04 Å². The molecule has 1 atom stereocenters. The van der Waals surface area contributed by atoms with Crippen LogP contribution in [0.2, 0.25) is 0 Å². The first kappa shape index (κ1) is 9.52. The maximum absolute atomic E-state index is 11.3. The van der Waals surface area contributed by atoms with Crippen LogP contribution in [0.4, 0.5) is 0 Å². The van der Waals surface area contributed by atoms with Gasteiger partial charge < -0.3 is 4.74 Å². The summed E-state index contributed by atoms with van der Waals surface area (Å²) in [6.07, 6.45) is 2.97. The van der Waals surface area contributed by atoms with Crippen molar-refractivity contribution in [3.63, 3.8) is 0 Å². The van der Waals surface area contributed by atoms with Crippen molar-refractivity contribution >= 4 is 5.97 Å². The first-order valence-electron chi connectivity index (χ1n) is 4.43. The summed E-state index contributed by atoms with van der Waals surface area (Å²) in [7, 11) is 5.64. The average Bonchev–Trinajstić information content (AvgIpc) is 2.05. The summed E-state index contributed by atoms with van der Waals surface area (Å²) in [5, 5.41) is 0. The Morgan fingerprint density at radius 2 is 2.42 bits per heavy atom. The molecule has 2 radical (unpaired) electrons. The number of rotatable bonds is 2. The van der Waals surface area contributed by atoms with Gasteiger partial charge in [-0.15, -0.1) is 0 Å². The van der Waals surface area contributed by atoms with Gasteiger partial charge in [-0.2, -0.15) is 0 Å². The molecule has 1 fully saturated rings. The molecule has 3 nitrogen and oxygen atoms in total. The minimum atomic E-state index is -0.210. The summed E-state index contributed by atoms with van der Waals surface area (Å²) >= 11 is 0. The second-order valence-corrected chi connectivity index (χ2v) is 3.00. The average molecular weight is 169 g/mol. The van der Waals surface area contributed by atoms with Gasteiger partial charge in [0.15, 0.2) is 0 Å². The second kappa shape index (κ2) is 4.45. The van der Waals surface area contributed by atoms with Gasteiger partial charge in [0.25, 0.3) is 0 Å². The SMILES string of the molecule is [CH]N1CCCCC1C(=O)OCC. The Morgan fingerprint density at radius 1 is 1.67 bits per heavy atom. The van der Waals surface area contributed by atoms with Crippen molar-refractivity contribution in [2.45, 2.75) is 32.2 Å². The van der Waals surface area contributed by atoms with Crippen molar-refractivity contribution in [3.8, 4) is 0 Å².